The molecule has 0 fully saturated rings. The maximum Gasteiger partial charge on any atom is 0.277 e. The third kappa shape index (κ3) is 5.10. The van der Waals surface area contributed by atoms with Crippen LogP contribution in [-0.4, -0.2) is 78.0 Å². The Morgan fingerprint density at radius 2 is 1.88 bits per heavy atom. The Morgan fingerprint density at radius 3 is 2.52 bits per heavy atom. The molecule has 2 heterocycles. The smallest absolute Gasteiger partial charge is 0.277 e. The molecule has 0 saturated heterocycles. The van der Waals surface area contributed by atoms with Gasteiger partial charge >= 0.3 is 0 Å². The first-order valence-electron chi connectivity index (χ1n) is 11.0. The van der Waals surface area contributed by atoms with Crippen LogP contribution in [0.1, 0.15) is 31.8 Å². The molecule has 0 atom stereocenters. The molecule has 2 aromatic heterocycles. The number of nitrogens with zero attached hydrogens (tertiary/aromatic N) is 5. The van der Waals surface area contributed by atoms with Gasteiger partial charge in [0.05, 0.1) is 22.8 Å². The van der Waals surface area contributed by atoms with Crippen LogP contribution in [0.25, 0.3) is 16.9 Å². The van der Waals surface area contributed by atoms with Gasteiger partial charge in [0.15, 0.2) is 11.3 Å². The molecule has 1 aromatic carbocycles. The number of fused-ring (bicyclic) bond motifs is 1. The van der Waals surface area contributed by atoms with Crippen molar-refractivity contribution in [1.82, 2.24) is 28.8 Å². The first kappa shape index (κ1) is 24.9. The molecule has 0 spiro atoms. The van der Waals surface area contributed by atoms with E-state index in [0.717, 1.165) is 6.42 Å². The van der Waals surface area contributed by atoms with Crippen molar-refractivity contribution >= 4 is 15.5 Å². The highest BCUT2D eigenvalue weighted by Gasteiger charge is 2.24. The van der Waals surface area contributed by atoms with Crippen LogP contribution in [0, 0.1) is 6.92 Å². The molecule has 33 heavy (non-hydrogen) atoms. The lowest BCUT2D eigenvalue weighted by molar-refractivity contribution is 0.341. The van der Waals surface area contributed by atoms with Gasteiger partial charge < -0.3 is 14.6 Å². The second kappa shape index (κ2) is 10.0. The summed E-state index contributed by atoms with van der Waals surface area (Å²) >= 11 is 0. The number of sulfonamides is 1. The number of aromatic amines is 1. The minimum atomic E-state index is -3.75. The summed E-state index contributed by atoms with van der Waals surface area (Å²) in [6.45, 7) is 6.94. The van der Waals surface area contributed by atoms with E-state index in [0.29, 0.717) is 54.5 Å². The number of hydrogen-bond acceptors (Lipinski definition) is 7. The van der Waals surface area contributed by atoms with E-state index < -0.39 is 10.0 Å². The maximum atomic E-state index is 13.2. The lowest BCUT2D eigenvalue weighted by atomic mass is 10.2. The normalized spacial score (nSPS) is 12.2. The van der Waals surface area contributed by atoms with Crippen LogP contribution < -0.4 is 10.3 Å². The Labute approximate surface area is 194 Å². The van der Waals surface area contributed by atoms with Crippen molar-refractivity contribution < 1.29 is 13.2 Å². The van der Waals surface area contributed by atoms with Crippen LogP contribution in [0.5, 0.6) is 5.75 Å². The Balaban J connectivity index is 2.16. The number of rotatable bonds is 10. The van der Waals surface area contributed by atoms with E-state index in [2.05, 4.69) is 15.1 Å². The topological polar surface area (TPSA) is 113 Å². The predicted octanol–water partition coefficient (Wildman–Crippen LogP) is 1.93. The number of imidazole rings is 1. The molecule has 0 bridgehead atoms. The van der Waals surface area contributed by atoms with Crippen LogP contribution >= 0.6 is 0 Å². The molecular formula is C22H32N6O4S. The van der Waals surface area contributed by atoms with E-state index in [4.69, 9.17) is 4.74 Å². The Kier molecular flexibility index (Phi) is 7.55. The van der Waals surface area contributed by atoms with Gasteiger partial charge in [0.25, 0.3) is 5.56 Å². The SMILES string of the molecule is CCCc1nc(C)c2c(=O)[nH]c(-c3cc(S(=O)(=O)N(C)CCN(C)C)ccc3OCC)nn12. The van der Waals surface area contributed by atoms with E-state index in [1.54, 1.807) is 24.6 Å². The van der Waals surface area contributed by atoms with Gasteiger partial charge in [-0.15, -0.1) is 5.10 Å². The van der Waals surface area contributed by atoms with Gasteiger partial charge in [0, 0.05) is 26.6 Å². The largest absolute Gasteiger partial charge is 0.493 e. The van der Waals surface area contributed by atoms with Crippen LogP contribution in [0.4, 0.5) is 0 Å². The van der Waals surface area contributed by atoms with Crippen molar-refractivity contribution in [3.8, 4) is 17.1 Å². The van der Waals surface area contributed by atoms with Gasteiger partial charge in [-0.2, -0.15) is 4.31 Å². The van der Waals surface area contributed by atoms with Gasteiger partial charge in [-0.1, -0.05) is 6.92 Å². The molecule has 0 unspecified atom stereocenters. The first-order chi connectivity index (χ1) is 15.6. The van der Waals surface area contributed by atoms with Gasteiger partial charge in [-0.25, -0.2) is 17.9 Å². The lowest BCUT2D eigenvalue weighted by Crippen LogP contribution is -2.33. The summed E-state index contributed by atoms with van der Waals surface area (Å²) in [5.41, 5.74) is 1.04. The van der Waals surface area contributed by atoms with Gasteiger partial charge in [0.1, 0.15) is 11.6 Å². The van der Waals surface area contributed by atoms with E-state index in [1.165, 1.54) is 16.4 Å². The fourth-order valence-corrected chi connectivity index (χ4v) is 4.71. The Bertz CT molecular complexity index is 1300. The van der Waals surface area contributed by atoms with E-state index in [-0.39, 0.29) is 16.3 Å². The molecule has 10 nitrogen and oxygen atoms in total. The van der Waals surface area contributed by atoms with Gasteiger partial charge in [-0.05, 0) is 52.6 Å². The maximum absolute atomic E-state index is 13.2. The average molecular weight is 477 g/mol. The molecule has 1 N–H and O–H groups in total. The molecule has 0 aliphatic heterocycles. The zero-order valence-corrected chi connectivity index (χ0v) is 20.9. The van der Waals surface area contributed by atoms with Crippen molar-refractivity contribution in [2.75, 3.05) is 40.8 Å². The van der Waals surface area contributed by atoms with Crippen LogP contribution in [0.2, 0.25) is 0 Å². The second-order valence-corrected chi connectivity index (χ2v) is 10.2. The minimum absolute atomic E-state index is 0.0977. The number of benzene rings is 1. The molecule has 11 heteroatoms. The van der Waals surface area contributed by atoms with Crippen molar-refractivity contribution in [3.05, 3.63) is 40.1 Å². The fourth-order valence-electron chi connectivity index (χ4n) is 3.52. The van der Waals surface area contributed by atoms with E-state index in [1.807, 2.05) is 32.8 Å². The summed E-state index contributed by atoms with van der Waals surface area (Å²) < 4.78 is 34.9. The average Bonchev–Trinajstić information content (AvgIpc) is 3.08. The lowest BCUT2D eigenvalue weighted by Gasteiger charge is -2.20. The first-order valence-corrected chi connectivity index (χ1v) is 12.4. The summed E-state index contributed by atoms with van der Waals surface area (Å²) in [6, 6.07) is 4.61. The van der Waals surface area contributed by atoms with Crippen LogP contribution in [0.15, 0.2) is 27.9 Å². The zero-order valence-electron chi connectivity index (χ0n) is 20.0. The molecule has 0 saturated carbocycles. The van der Waals surface area contributed by atoms with Crippen molar-refractivity contribution in [2.24, 2.45) is 0 Å². The number of likely N-dealkylation sites (N-methyl/N-ethyl adjacent to an activating group) is 2. The summed E-state index contributed by atoms with van der Waals surface area (Å²) in [6.07, 6.45) is 1.51. The standard InChI is InChI=1S/C22H32N6O4S/c1-7-9-19-23-15(3)20-22(29)24-21(25-28(19)20)17-14-16(10-11-18(17)32-8-2)33(30,31)27(6)13-12-26(4)5/h10-11,14H,7-9,12-13H2,1-6H3,(H,24,25,29). The molecular weight excluding hydrogens is 444 g/mol. The number of nitrogens with one attached hydrogen (secondary N) is 1. The highest BCUT2D eigenvalue weighted by molar-refractivity contribution is 7.89. The van der Waals surface area contributed by atoms with E-state index >= 15 is 0 Å². The molecule has 0 aliphatic rings. The van der Waals surface area contributed by atoms with Crippen LogP contribution in [-0.2, 0) is 16.4 Å². The molecule has 0 amide bonds. The van der Waals surface area contributed by atoms with Gasteiger partial charge in [-0.3, -0.25) is 4.79 Å². The summed E-state index contributed by atoms with van der Waals surface area (Å²) in [7, 11) is 1.57. The Hall–Kier alpha value is -2.76. The van der Waals surface area contributed by atoms with Crippen molar-refractivity contribution in [1.29, 1.82) is 0 Å². The molecule has 180 valence electrons. The number of H-pyrrole nitrogens is 1. The molecule has 3 rings (SSSR count). The number of aryl methyl sites for hydroxylation is 2. The molecule has 3 aromatic rings. The third-order valence-electron chi connectivity index (χ3n) is 5.29. The highest BCUT2D eigenvalue weighted by Crippen LogP contribution is 2.31. The third-order valence-corrected chi connectivity index (χ3v) is 7.15. The van der Waals surface area contributed by atoms with Crippen LogP contribution in [0.3, 0.4) is 0 Å². The van der Waals surface area contributed by atoms with Crippen molar-refractivity contribution in [2.45, 2.75) is 38.5 Å². The summed E-state index contributed by atoms with van der Waals surface area (Å²) in [5.74, 6) is 1.34. The Morgan fingerprint density at radius 1 is 1.15 bits per heavy atom. The number of ether oxygens (including phenoxy) is 1. The summed E-state index contributed by atoms with van der Waals surface area (Å²) in [4.78, 5) is 22.2. The second-order valence-electron chi connectivity index (χ2n) is 8.15. The monoisotopic (exact) mass is 476 g/mol. The summed E-state index contributed by atoms with van der Waals surface area (Å²) in [5, 5.41) is 4.62. The molecule has 0 aliphatic carbocycles. The highest BCUT2D eigenvalue weighted by atomic mass is 32.2. The molecule has 0 radical (unpaired) electrons. The minimum Gasteiger partial charge on any atom is -0.493 e. The number of aromatic nitrogens is 4. The fraction of sp³-hybridized carbons (Fsp3) is 0.500. The zero-order chi connectivity index (χ0) is 24.3. The van der Waals surface area contributed by atoms with Crippen molar-refractivity contribution in [3.63, 3.8) is 0 Å². The predicted molar refractivity (Wildman–Crippen MR) is 127 cm³/mol. The number of hydrogen-bond donors (Lipinski definition) is 1. The van der Waals surface area contributed by atoms with E-state index in [9.17, 15) is 13.2 Å². The van der Waals surface area contributed by atoms with Gasteiger partial charge in [0.2, 0.25) is 10.0 Å². The quantitative estimate of drug-likeness (QED) is 0.476.